The van der Waals surface area contributed by atoms with Gasteiger partial charge in [-0.15, -0.1) is 0 Å². The highest BCUT2D eigenvalue weighted by atomic mass is 16.3. The third-order valence-electron chi connectivity index (χ3n) is 4.23. The summed E-state index contributed by atoms with van der Waals surface area (Å²) in [6, 6.07) is 9.24. The second-order valence-electron chi connectivity index (χ2n) is 5.76. The highest BCUT2D eigenvalue weighted by Crippen LogP contribution is 2.21. The number of pyridine rings is 1. The van der Waals surface area contributed by atoms with Crippen LogP contribution in [-0.4, -0.2) is 51.9 Å². The molecule has 0 aromatic carbocycles. The van der Waals surface area contributed by atoms with E-state index in [1.807, 2.05) is 18.2 Å². The van der Waals surface area contributed by atoms with Gasteiger partial charge in [0.05, 0.1) is 12.0 Å². The third kappa shape index (κ3) is 3.21. The first-order chi connectivity index (χ1) is 12.3. The summed E-state index contributed by atoms with van der Waals surface area (Å²) in [6.45, 7) is 2.70. The van der Waals surface area contributed by atoms with E-state index in [4.69, 9.17) is 4.42 Å². The highest BCUT2D eigenvalue weighted by Gasteiger charge is 2.24. The van der Waals surface area contributed by atoms with E-state index in [0.717, 1.165) is 30.2 Å². The van der Waals surface area contributed by atoms with E-state index < -0.39 is 0 Å². The van der Waals surface area contributed by atoms with Gasteiger partial charge in [0, 0.05) is 50.2 Å². The SMILES string of the molecule is O=C(c1ccco1)N1CCN(c2cc(-c3cccnc3)ncn2)CC1. The van der Waals surface area contributed by atoms with Gasteiger partial charge in [0.2, 0.25) is 0 Å². The molecule has 1 aliphatic rings. The van der Waals surface area contributed by atoms with Crippen molar-refractivity contribution >= 4 is 11.7 Å². The largest absolute Gasteiger partial charge is 0.459 e. The minimum atomic E-state index is -0.0663. The van der Waals surface area contributed by atoms with Crippen LogP contribution in [0.1, 0.15) is 10.6 Å². The van der Waals surface area contributed by atoms with Gasteiger partial charge in [0.15, 0.2) is 5.76 Å². The predicted octanol–water partition coefficient (Wildman–Crippen LogP) is 2.09. The Balaban J connectivity index is 1.45. The number of aromatic nitrogens is 3. The Morgan fingerprint density at radius 2 is 1.96 bits per heavy atom. The number of rotatable bonds is 3. The first-order valence-electron chi connectivity index (χ1n) is 8.11. The van der Waals surface area contributed by atoms with Crippen LogP contribution >= 0.6 is 0 Å². The fourth-order valence-electron chi connectivity index (χ4n) is 2.89. The van der Waals surface area contributed by atoms with Gasteiger partial charge >= 0.3 is 0 Å². The lowest BCUT2D eigenvalue weighted by Gasteiger charge is -2.35. The van der Waals surface area contributed by atoms with Crippen molar-refractivity contribution in [2.45, 2.75) is 0 Å². The number of hydrogen-bond donors (Lipinski definition) is 0. The molecular formula is C18H17N5O2. The average Bonchev–Trinajstić information content (AvgIpc) is 3.23. The molecule has 4 heterocycles. The summed E-state index contributed by atoms with van der Waals surface area (Å²) in [6.07, 6.45) is 6.61. The number of amides is 1. The second-order valence-corrected chi connectivity index (χ2v) is 5.76. The zero-order valence-corrected chi connectivity index (χ0v) is 13.6. The molecule has 7 nitrogen and oxygen atoms in total. The Hall–Kier alpha value is -3.22. The molecule has 1 amide bonds. The molecule has 1 fully saturated rings. The van der Waals surface area contributed by atoms with E-state index in [0.29, 0.717) is 18.8 Å². The molecule has 0 N–H and O–H groups in total. The predicted molar refractivity (Wildman–Crippen MR) is 92.1 cm³/mol. The standard InChI is InChI=1S/C18H17N5O2/c24-18(16-4-2-10-25-16)23-8-6-22(7-9-23)17-11-15(20-13-21-17)14-3-1-5-19-12-14/h1-5,10-13H,6-9H2. The maximum Gasteiger partial charge on any atom is 0.289 e. The fraction of sp³-hybridized carbons (Fsp3) is 0.222. The van der Waals surface area contributed by atoms with E-state index >= 15 is 0 Å². The molecule has 0 radical (unpaired) electrons. The number of furan rings is 1. The van der Waals surface area contributed by atoms with Crippen LogP contribution < -0.4 is 4.90 Å². The molecule has 126 valence electrons. The molecule has 0 unspecified atom stereocenters. The molecule has 0 spiro atoms. The maximum absolute atomic E-state index is 12.3. The van der Waals surface area contributed by atoms with Crippen molar-refractivity contribution in [1.29, 1.82) is 0 Å². The number of carbonyl (C=O) groups excluding carboxylic acids is 1. The highest BCUT2D eigenvalue weighted by molar-refractivity contribution is 5.91. The first kappa shape index (κ1) is 15.3. The second kappa shape index (κ2) is 6.72. The molecule has 0 aliphatic carbocycles. The number of nitrogens with zero attached hydrogens (tertiary/aromatic N) is 5. The molecule has 3 aromatic heterocycles. The fourth-order valence-corrected chi connectivity index (χ4v) is 2.89. The van der Waals surface area contributed by atoms with Crippen LogP contribution in [0.2, 0.25) is 0 Å². The van der Waals surface area contributed by atoms with Crippen molar-refractivity contribution in [3.05, 3.63) is 61.1 Å². The van der Waals surface area contributed by atoms with Crippen LogP contribution in [0.3, 0.4) is 0 Å². The molecule has 4 rings (SSSR count). The lowest BCUT2D eigenvalue weighted by atomic mass is 10.2. The summed E-state index contributed by atoms with van der Waals surface area (Å²) in [4.78, 5) is 29.1. The number of hydrogen-bond acceptors (Lipinski definition) is 6. The minimum Gasteiger partial charge on any atom is -0.459 e. The molecule has 0 bridgehead atoms. The van der Waals surface area contributed by atoms with Crippen molar-refractivity contribution < 1.29 is 9.21 Å². The Morgan fingerprint density at radius 3 is 2.68 bits per heavy atom. The van der Waals surface area contributed by atoms with Crippen LogP contribution in [0.25, 0.3) is 11.3 Å². The number of carbonyl (C=O) groups is 1. The van der Waals surface area contributed by atoms with Gasteiger partial charge in [-0.2, -0.15) is 0 Å². The smallest absolute Gasteiger partial charge is 0.289 e. The van der Waals surface area contributed by atoms with Gasteiger partial charge in [-0.05, 0) is 24.3 Å². The van der Waals surface area contributed by atoms with Gasteiger partial charge in [-0.3, -0.25) is 9.78 Å². The minimum absolute atomic E-state index is 0.0663. The van der Waals surface area contributed by atoms with Gasteiger partial charge < -0.3 is 14.2 Å². The van der Waals surface area contributed by atoms with Crippen molar-refractivity contribution in [2.75, 3.05) is 31.1 Å². The van der Waals surface area contributed by atoms with Crippen LogP contribution in [0.5, 0.6) is 0 Å². The number of anilines is 1. The summed E-state index contributed by atoms with van der Waals surface area (Å²) >= 11 is 0. The molecular weight excluding hydrogens is 318 g/mol. The first-order valence-corrected chi connectivity index (χ1v) is 8.11. The normalized spacial score (nSPS) is 14.6. The van der Waals surface area contributed by atoms with Gasteiger partial charge in [0.1, 0.15) is 12.1 Å². The summed E-state index contributed by atoms with van der Waals surface area (Å²) in [5, 5.41) is 0. The molecule has 25 heavy (non-hydrogen) atoms. The monoisotopic (exact) mass is 335 g/mol. The van der Waals surface area contributed by atoms with Crippen LogP contribution in [0.15, 0.2) is 59.7 Å². The molecule has 7 heteroatoms. The van der Waals surface area contributed by atoms with Gasteiger partial charge in [-0.25, -0.2) is 9.97 Å². The van der Waals surface area contributed by atoms with Crippen LogP contribution in [0.4, 0.5) is 5.82 Å². The van der Waals surface area contributed by atoms with Crippen molar-refractivity contribution in [1.82, 2.24) is 19.9 Å². The average molecular weight is 335 g/mol. The van der Waals surface area contributed by atoms with Gasteiger partial charge in [-0.1, -0.05) is 0 Å². The maximum atomic E-state index is 12.3. The van der Waals surface area contributed by atoms with Crippen LogP contribution in [-0.2, 0) is 0 Å². The number of piperazine rings is 1. The van der Waals surface area contributed by atoms with Crippen molar-refractivity contribution in [3.8, 4) is 11.3 Å². The Bertz CT molecular complexity index is 843. The zero-order chi connectivity index (χ0) is 17.1. The van der Waals surface area contributed by atoms with Crippen LogP contribution in [0, 0.1) is 0 Å². The summed E-state index contributed by atoms with van der Waals surface area (Å²) in [7, 11) is 0. The summed E-state index contributed by atoms with van der Waals surface area (Å²) < 4.78 is 5.19. The molecule has 3 aromatic rings. The Kier molecular flexibility index (Phi) is 4.12. The lowest BCUT2D eigenvalue weighted by Crippen LogP contribution is -2.49. The third-order valence-corrected chi connectivity index (χ3v) is 4.23. The summed E-state index contributed by atoms with van der Waals surface area (Å²) in [5.41, 5.74) is 1.80. The Labute approximate surface area is 144 Å². The lowest BCUT2D eigenvalue weighted by molar-refractivity contribution is 0.0714. The van der Waals surface area contributed by atoms with E-state index in [-0.39, 0.29) is 5.91 Å². The van der Waals surface area contributed by atoms with E-state index in [2.05, 4.69) is 19.9 Å². The van der Waals surface area contributed by atoms with Gasteiger partial charge in [0.25, 0.3) is 5.91 Å². The van der Waals surface area contributed by atoms with Crippen molar-refractivity contribution in [3.63, 3.8) is 0 Å². The summed E-state index contributed by atoms with van der Waals surface area (Å²) in [5.74, 6) is 1.18. The van der Waals surface area contributed by atoms with Crippen molar-refractivity contribution in [2.24, 2.45) is 0 Å². The van der Waals surface area contributed by atoms with E-state index in [1.54, 1.807) is 35.8 Å². The quantitative estimate of drug-likeness (QED) is 0.729. The topological polar surface area (TPSA) is 75.4 Å². The van der Waals surface area contributed by atoms with E-state index in [9.17, 15) is 4.79 Å². The molecule has 1 saturated heterocycles. The molecule has 0 atom stereocenters. The zero-order valence-electron chi connectivity index (χ0n) is 13.6. The Morgan fingerprint density at radius 1 is 1.08 bits per heavy atom. The van der Waals surface area contributed by atoms with E-state index in [1.165, 1.54) is 6.26 Å². The molecule has 1 aliphatic heterocycles. The molecule has 0 saturated carbocycles.